The maximum absolute atomic E-state index is 11.7. The minimum absolute atomic E-state index is 0.150. The second-order valence-corrected chi connectivity index (χ2v) is 7.01. The number of rotatable bonds is 5. The molecule has 7 nitrogen and oxygen atoms in total. The summed E-state index contributed by atoms with van der Waals surface area (Å²) in [6.07, 6.45) is -0.192. The van der Waals surface area contributed by atoms with Crippen molar-refractivity contribution in [1.82, 2.24) is 10.2 Å². The highest BCUT2D eigenvalue weighted by Crippen LogP contribution is 2.22. The van der Waals surface area contributed by atoms with Crippen LogP contribution in [0.5, 0.6) is 0 Å². The average Bonchev–Trinajstić information content (AvgIpc) is 2.73. The molecular weight excluding hydrogens is 270 g/mol. The molecular formula is C11H19N3O4S. The highest BCUT2D eigenvalue weighted by Gasteiger charge is 2.19. The molecule has 1 heterocycles. The van der Waals surface area contributed by atoms with Crippen LogP contribution in [0.3, 0.4) is 0 Å². The summed E-state index contributed by atoms with van der Waals surface area (Å²) in [5.41, 5.74) is 0.668. The third-order valence-corrected chi connectivity index (χ3v) is 3.71. The fourth-order valence-corrected chi connectivity index (χ4v) is 2.25. The van der Waals surface area contributed by atoms with E-state index < -0.39 is 16.0 Å². The predicted octanol–water partition coefficient (Wildman–Crippen LogP) is 1.01. The quantitative estimate of drug-likeness (QED) is 0.788. The Hall–Kier alpha value is -1.57. The molecule has 0 atom stereocenters. The number of H-pyrrole nitrogens is 1. The van der Waals surface area contributed by atoms with Crippen molar-refractivity contribution >= 4 is 21.8 Å². The maximum atomic E-state index is 11.7. The zero-order valence-corrected chi connectivity index (χ0v) is 12.3. The van der Waals surface area contributed by atoms with Gasteiger partial charge in [-0.2, -0.15) is 5.10 Å². The van der Waals surface area contributed by atoms with Crippen LogP contribution in [0, 0.1) is 0 Å². The smallest absolute Gasteiger partial charge is 0.306 e. The highest BCUT2D eigenvalue weighted by atomic mass is 32.2. The Labute approximate surface area is 112 Å². The van der Waals surface area contributed by atoms with Gasteiger partial charge < -0.3 is 4.74 Å². The van der Waals surface area contributed by atoms with E-state index in [1.165, 1.54) is 7.11 Å². The van der Waals surface area contributed by atoms with Gasteiger partial charge in [-0.1, -0.05) is 20.8 Å². The van der Waals surface area contributed by atoms with Gasteiger partial charge in [-0.15, -0.1) is 0 Å². The molecule has 1 aromatic heterocycles. The third-order valence-electron chi connectivity index (χ3n) is 2.45. The Kier molecular flexibility index (Phi) is 4.56. The molecule has 2 N–H and O–H groups in total. The first-order valence-corrected chi connectivity index (χ1v) is 7.42. The number of carbonyl (C=O) groups excluding carboxylic acids is 1. The number of hydrogen-bond acceptors (Lipinski definition) is 5. The standard InChI is InChI=1S/C11H19N3O4S/c1-11(2,3)8-7-9(13-12-8)14-19(16,17)6-5-10(15)18-4/h7H,5-6H2,1-4H3,(H2,12,13,14). The SMILES string of the molecule is COC(=O)CCS(=O)(=O)Nc1cc(C(C)(C)C)[nH]n1. The summed E-state index contributed by atoms with van der Waals surface area (Å²) in [5.74, 6) is -0.685. The van der Waals surface area contributed by atoms with Crippen LogP contribution in [0.4, 0.5) is 5.82 Å². The van der Waals surface area contributed by atoms with Gasteiger partial charge in [0, 0.05) is 17.2 Å². The molecule has 0 amide bonds. The lowest BCUT2D eigenvalue weighted by Gasteiger charge is -2.14. The summed E-state index contributed by atoms with van der Waals surface area (Å²) in [5, 5.41) is 6.66. The Bertz CT molecular complexity index is 543. The number of nitrogens with one attached hydrogen (secondary N) is 2. The molecule has 0 unspecified atom stereocenters. The van der Waals surface area contributed by atoms with Gasteiger partial charge >= 0.3 is 5.97 Å². The van der Waals surface area contributed by atoms with Crippen LogP contribution in [0.2, 0.25) is 0 Å². The van der Waals surface area contributed by atoms with E-state index in [-0.39, 0.29) is 23.4 Å². The number of carbonyl (C=O) groups is 1. The van der Waals surface area contributed by atoms with Gasteiger partial charge in [-0.05, 0) is 0 Å². The number of aromatic amines is 1. The molecule has 0 saturated heterocycles. The van der Waals surface area contributed by atoms with Gasteiger partial charge in [0.05, 0.1) is 19.3 Å². The maximum Gasteiger partial charge on any atom is 0.306 e. The van der Waals surface area contributed by atoms with Crippen molar-refractivity contribution in [2.45, 2.75) is 32.6 Å². The molecule has 108 valence electrons. The van der Waals surface area contributed by atoms with Crippen LogP contribution in [0.25, 0.3) is 0 Å². The van der Waals surface area contributed by atoms with E-state index in [0.717, 1.165) is 5.69 Å². The molecule has 19 heavy (non-hydrogen) atoms. The molecule has 0 aliphatic heterocycles. The van der Waals surface area contributed by atoms with Crippen molar-refractivity contribution in [1.29, 1.82) is 0 Å². The molecule has 0 aromatic carbocycles. The number of ether oxygens (including phenoxy) is 1. The fourth-order valence-electron chi connectivity index (χ4n) is 1.29. The summed E-state index contributed by atoms with van der Waals surface area (Å²) >= 11 is 0. The fraction of sp³-hybridized carbons (Fsp3) is 0.636. The van der Waals surface area contributed by atoms with Crippen LogP contribution in [-0.2, 0) is 25.0 Å². The summed E-state index contributed by atoms with van der Waals surface area (Å²) in [6, 6.07) is 1.63. The topological polar surface area (TPSA) is 101 Å². The van der Waals surface area contributed by atoms with E-state index in [0.29, 0.717) is 0 Å². The second kappa shape index (κ2) is 5.60. The van der Waals surface area contributed by atoms with Crippen molar-refractivity contribution < 1.29 is 17.9 Å². The summed E-state index contributed by atoms with van der Waals surface area (Å²) in [6.45, 7) is 5.95. The average molecular weight is 289 g/mol. The molecule has 1 rings (SSSR count). The number of sulfonamides is 1. The van der Waals surface area contributed by atoms with E-state index in [4.69, 9.17) is 0 Å². The summed E-state index contributed by atoms with van der Waals surface area (Å²) in [4.78, 5) is 10.9. The molecule has 0 spiro atoms. The van der Waals surface area contributed by atoms with E-state index >= 15 is 0 Å². The van der Waals surface area contributed by atoms with Gasteiger partial charge in [0.2, 0.25) is 10.0 Å². The van der Waals surface area contributed by atoms with Crippen LogP contribution in [0.15, 0.2) is 6.07 Å². The largest absolute Gasteiger partial charge is 0.469 e. The number of methoxy groups -OCH3 is 1. The molecule has 0 saturated carbocycles. The van der Waals surface area contributed by atoms with Gasteiger partial charge in [-0.25, -0.2) is 8.42 Å². The van der Waals surface area contributed by atoms with Gasteiger partial charge in [-0.3, -0.25) is 14.6 Å². The summed E-state index contributed by atoms with van der Waals surface area (Å²) in [7, 11) is -2.39. The first-order chi connectivity index (χ1) is 8.64. The number of hydrogen-bond donors (Lipinski definition) is 2. The third kappa shape index (κ3) is 4.90. The van der Waals surface area contributed by atoms with Crippen LogP contribution >= 0.6 is 0 Å². The van der Waals surface area contributed by atoms with Crippen molar-refractivity contribution in [3.8, 4) is 0 Å². The number of nitrogens with zero attached hydrogens (tertiary/aromatic N) is 1. The Morgan fingerprint density at radius 2 is 2.11 bits per heavy atom. The molecule has 0 aliphatic carbocycles. The Morgan fingerprint density at radius 3 is 2.58 bits per heavy atom. The van der Waals surface area contributed by atoms with E-state index in [2.05, 4.69) is 19.7 Å². The lowest BCUT2D eigenvalue weighted by molar-refractivity contribution is -0.140. The van der Waals surface area contributed by atoms with Gasteiger partial charge in [0.1, 0.15) is 0 Å². The molecule has 0 bridgehead atoms. The first kappa shape index (κ1) is 15.5. The minimum Gasteiger partial charge on any atom is -0.469 e. The lowest BCUT2D eigenvalue weighted by atomic mass is 9.92. The van der Waals surface area contributed by atoms with Crippen LogP contribution in [-0.4, -0.2) is 37.4 Å². The van der Waals surface area contributed by atoms with Crippen molar-refractivity contribution in [2.75, 3.05) is 17.6 Å². The molecule has 8 heteroatoms. The zero-order valence-electron chi connectivity index (χ0n) is 11.5. The van der Waals surface area contributed by atoms with E-state index in [1.807, 2.05) is 20.8 Å². The van der Waals surface area contributed by atoms with Crippen molar-refractivity contribution in [2.24, 2.45) is 0 Å². The zero-order chi connectivity index (χ0) is 14.7. The van der Waals surface area contributed by atoms with Gasteiger partial charge in [0.25, 0.3) is 0 Å². The van der Waals surface area contributed by atoms with E-state index in [1.54, 1.807) is 6.07 Å². The molecule has 0 radical (unpaired) electrons. The number of aromatic nitrogens is 2. The molecule has 1 aromatic rings. The van der Waals surface area contributed by atoms with Crippen LogP contribution < -0.4 is 4.72 Å². The number of esters is 1. The van der Waals surface area contributed by atoms with Gasteiger partial charge in [0.15, 0.2) is 5.82 Å². The Balaban J connectivity index is 2.68. The molecule has 0 aliphatic rings. The number of anilines is 1. The van der Waals surface area contributed by atoms with Crippen molar-refractivity contribution in [3.63, 3.8) is 0 Å². The molecule has 0 fully saturated rings. The second-order valence-electron chi connectivity index (χ2n) is 5.16. The van der Waals surface area contributed by atoms with Crippen molar-refractivity contribution in [3.05, 3.63) is 11.8 Å². The monoisotopic (exact) mass is 289 g/mol. The Morgan fingerprint density at radius 1 is 1.47 bits per heavy atom. The highest BCUT2D eigenvalue weighted by molar-refractivity contribution is 7.92. The normalized spacial score (nSPS) is 12.2. The summed E-state index contributed by atoms with van der Waals surface area (Å²) < 4.78 is 30.1. The first-order valence-electron chi connectivity index (χ1n) is 5.77. The van der Waals surface area contributed by atoms with E-state index in [9.17, 15) is 13.2 Å². The lowest BCUT2D eigenvalue weighted by Crippen LogP contribution is -2.19. The predicted molar refractivity (Wildman–Crippen MR) is 71.3 cm³/mol. The minimum atomic E-state index is -3.61. The van der Waals surface area contributed by atoms with Crippen LogP contribution in [0.1, 0.15) is 32.9 Å².